The molecular formula is C12H14O4. The predicted molar refractivity (Wildman–Crippen MR) is 59.4 cm³/mol. The minimum atomic E-state index is -0.690. The number of hydrogen-bond acceptors (Lipinski definition) is 4. The number of rotatable bonds is 5. The van der Waals surface area contributed by atoms with E-state index in [-0.39, 0.29) is 12.4 Å². The first-order valence-electron chi connectivity index (χ1n) is 4.86. The number of phenolic OH excluding ortho intramolecular Hbond substituents is 1. The maximum absolute atomic E-state index is 11.3. The average Bonchev–Trinajstić information content (AvgIpc) is 2.29. The molecule has 1 N–H and O–H groups in total. The fraction of sp³-hybridized carbons (Fsp3) is 0.250. The third kappa shape index (κ3) is 3.65. The topological polar surface area (TPSA) is 55.8 Å². The predicted octanol–water partition coefficient (Wildman–Crippen LogP) is 1.89. The van der Waals surface area contributed by atoms with Crippen LogP contribution in [0.4, 0.5) is 0 Å². The summed E-state index contributed by atoms with van der Waals surface area (Å²) >= 11 is 0. The van der Waals surface area contributed by atoms with Crippen LogP contribution in [0.15, 0.2) is 36.9 Å². The van der Waals surface area contributed by atoms with Gasteiger partial charge in [-0.1, -0.05) is 12.7 Å². The van der Waals surface area contributed by atoms with E-state index in [1.165, 1.54) is 18.2 Å². The van der Waals surface area contributed by atoms with E-state index < -0.39 is 12.1 Å². The fourth-order valence-corrected chi connectivity index (χ4v) is 1.04. The average molecular weight is 222 g/mol. The van der Waals surface area contributed by atoms with Crippen molar-refractivity contribution in [2.24, 2.45) is 0 Å². The molecule has 0 spiro atoms. The SMILES string of the molecule is C=CCOC(=O)C(C)Oc1ccc(O)cc1. The number of benzene rings is 1. The summed E-state index contributed by atoms with van der Waals surface area (Å²) in [6.45, 7) is 5.20. The van der Waals surface area contributed by atoms with E-state index in [9.17, 15) is 4.79 Å². The van der Waals surface area contributed by atoms with Gasteiger partial charge >= 0.3 is 5.97 Å². The van der Waals surface area contributed by atoms with Gasteiger partial charge in [-0.3, -0.25) is 0 Å². The first-order chi connectivity index (χ1) is 7.63. The molecular weight excluding hydrogens is 208 g/mol. The summed E-state index contributed by atoms with van der Waals surface area (Å²) < 4.78 is 10.1. The van der Waals surface area contributed by atoms with Gasteiger partial charge in [-0.15, -0.1) is 0 Å². The van der Waals surface area contributed by atoms with Gasteiger partial charge in [-0.2, -0.15) is 0 Å². The molecule has 0 heterocycles. The summed E-state index contributed by atoms with van der Waals surface area (Å²) in [5.74, 6) is 0.197. The minimum absolute atomic E-state index is 0.147. The van der Waals surface area contributed by atoms with Crippen LogP contribution in [-0.4, -0.2) is 23.8 Å². The zero-order chi connectivity index (χ0) is 12.0. The molecule has 0 aliphatic heterocycles. The van der Waals surface area contributed by atoms with E-state index >= 15 is 0 Å². The molecule has 4 nitrogen and oxygen atoms in total. The first-order valence-corrected chi connectivity index (χ1v) is 4.86. The quantitative estimate of drug-likeness (QED) is 0.610. The molecule has 0 radical (unpaired) electrons. The Morgan fingerprint density at radius 3 is 2.69 bits per heavy atom. The molecule has 1 rings (SSSR count). The lowest BCUT2D eigenvalue weighted by Crippen LogP contribution is -2.26. The number of phenols is 1. The highest BCUT2D eigenvalue weighted by molar-refractivity contribution is 5.74. The number of aromatic hydroxyl groups is 1. The van der Waals surface area contributed by atoms with Gasteiger partial charge in [0.15, 0.2) is 6.10 Å². The van der Waals surface area contributed by atoms with Gasteiger partial charge in [-0.05, 0) is 31.2 Å². The molecule has 16 heavy (non-hydrogen) atoms. The zero-order valence-corrected chi connectivity index (χ0v) is 9.05. The van der Waals surface area contributed by atoms with Crippen molar-refractivity contribution in [3.63, 3.8) is 0 Å². The summed E-state index contributed by atoms with van der Waals surface area (Å²) in [5, 5.41) is 9.06. The Bertz CT molecular complexity index is 356. The highest BCUT2D eigenvalue weighted by atomic mass is 16.6. The van der Waals surface area contributed by atoms with Crippen LogP contribution < -0.4 is 4.74 Å². The van der Waals surface area contributed by atoms with Crippen LogP contribution in [0.5, 0.6) is 11.5 Å². The second-order valence-electron chi connectivity index (χ2n) is 3.17. The molecule has 0 saturated carbocycles. The van der Waals surface area contributed by atoms with Gasteiger partial charge in [0.25, 0.3) is 0 Å². The molecule has 0 aliphatic rings. The first kappa shape index (κ1) is 12.1. The van der Waals surface area contributed by atoms with E-state index in [0.29, 0.717) is 5.75 Å². The van der Waals surface area contributed by atoms with Gasteiger partial charge in [0, 0.05) is 0 Å². The summed E-state index contributed by atoms with van der Waals surface area (Å²) in [4.78, 5) is 11.3. The summed E-state index contributed by atoms with van der Waals surface area (Å²) in [6.07, 6.45) is 0.801. The van der Waals surface area contributed by atoms with Crippen molar-refractivity contribution in [2.75, 3.05) is 6.61 Å². The summed E-state index contributed by atoms with van der Waals surface area (Å²) in [5.41, 5.74) is 0. The van der Waals surface area contributed by atoms with Gasteiger partial charge in [0.05, 0.1) is 0 Å². The van der Waals surface area contributed by atoms with Crippen molar-refractivity contribution < 1.29 is 19.4 Å². The molecule has 4 heteroatoms. The van der Waals surface area contributed by atoms with E-state index in [1.807, 2.05) is 0 Å². The summed E-state index contributed by atoms with van der Waals surface area (Å²) in [6, 6.07) is 6.12. The lowest BCUT2D eigenvalue weighted by Gasteiger charge is -2.13. The van der Waals surface area contributed by atoms with Crippen LogP contribution in [0.25, 0.3) is 0 Å². The zero-order valence-electron chi connectivity index (χ0n) is 9.05. The van der Waals surface area contributed by atoms with Gasteiger partial charge in [0.2, 0.25) is 0 Å². The normalized spacial score (nSPS) is 11.6. The van der Waals surface area contributed by atoms with Crippen LogP contribution >= 0.6 is 0 Å². The number of ether oxygens (including phenoxy) is 2. The van der Waals surface area contributed by atoms with Crippen molar-refractivity contribution in [1.29, 1.82) is 0 Å². The molecule has 0 aromatic heterocycles. The Hall–Kier alpha value is -1.97. The number of carbonyl (C=O) groups is 1. The number of carbonyl (C=O) groups excluding carboxylic acids is 1. The van der Waals surface area contributed by atoms with Crippen molar-refractivity contribution in [2.45, 2.75) is 13.0 Å². The van der Waals surface area contributed by atoms with Gasteiger partial charge in [-0.25, -0.2) is 4.79 Å². The van der Waals surface area contributed by atoms with Crippen LogP contribution in [0.3, 0.4) is 0 Å². The lowest BCUT2D eigenvalue weighted by molar-refractivity contribution is -0.149. The highest BCUT2D eigenvalue weighted by Crippen LogP contribution is 2.17. The highest BCUT2D eigenvalue weighted by Gasteiger charge is 2.15. The molecule has 0 amide bonds. The molecule has 1 aromatic carbocycles. The summed E-state index contributed by atoms with van der Waals surface area (Å²) in [7, 11) is 0. The van der Waals surface area contributed by atoms with E-state index in [4.69, 9.17) is 14.6 Å². The molecule has 0 bridgehead atoms. The lowest BCUT2D eigenvalue weighted by atomic mass is 10.3. The molecule has 0 aliphatic carbocycles. The molecule has 1 atom stereocenters. The Labute approximate surface area is 94.1 Å². The maximum Gasteiger partial charge on any atom is 0.347 e. The number of esters is 1. The van der Waals surface area contributed by atoms with E-state index in [1.54, 1.807) is 19.1 Å². The third-order valence-electron chi connectivity index (χ3n) is 1.82. The molecule has 86 valence electrons. The second-order valence-corrected chi connectivity index (χ2v) is 3.17. The van der Waals surface area contributed by atoms with Crippen LogP contribution in [0, 0.1) is 0 Å². The minimum Gasteiger partial charge on any atom is -0.508 e. The largest absolute Gasteiger partial charge is 0.508 e. The maximum atomic E-state index is 11.3. The van der Waals surface area contributed by atoms with Crippen LogP contribution in [0.2, 0.25) is 0 Å². The molecule has 1 aromatic rings. The Kier molecular flexibility index (Phi) is 4.39. The number of hydrogen-bond donors (Lipinski definition) is 1. The fourth-order valence-electron chi connectivity index (χ4n) is 1.04. The third-order valence-corrected chi connectivity index (χ3v) is 1.82. The van der Waals surface area contributed by atoms with Crippen molar-refractivity contribution >= 4 is 5.97 Å². The monoisotopic (exact) mass is 222 g/mol. The van der Waals surface area contributed by atoms with Crippen molar-refractivity contribution in [3.05, 3.63) is 36.9 Å². The van der Waals surface area contributed by atoms with Gasteiger partial charge < -0.3 is 14.6 Å². The second kappa shape index (κ2) is 5.80. The van der Waals surface area contributed by atoms with Crippen LogP contribution in [0.1, 0.15) is 6.92 Å². The van der Waals surface area contributed by atoms with Gasteiger partial charge in [0.1, 0.15) is 18.1 Å². The Morgan fingerprint density at radius 1 is 1.50 bits per heavy atom. The molecule has 0 fully saturated rings. The standard InChI is InChI=1S/C12H14O4/c1-3-8-15-12(14)9(2)16-11-6-4-10(13)5-7-11/h3-7,9,13H,1,8H2,2H3. The van der Waals surface area contributed by atoms with E-state index in [2.05, 4.69) is 6.58 Å². The van der Waals surface area contributed by atoms with Crippen molar-refractivity contribution in [3.8, 4) is 11.5 Å². The molecule has 0 saturated heterocycles. The Balaban J connectivity index is 2.50. The molecule has 1 unspecified atom stereocenters. The Morgan fingerprint density at radius 2 is 2.12 bits per heavy atom. The van der Waals surface area contributed by atoms with Crippen molar-refractivity contribution in [1.82, 2.24) is 0 Å². The van der Waals surface area contributed by atoms with Crippen LogP contribution in [-0.2, 0) is 9.53 Å². The smallest absolute Gasteiger partial charge is 0.347 e. The van der Waals surface area contributed by atoms with E-state index in [0.717, 1.165) is 0 Å².